The summed E-state index contributed by atoms with van der Waals surface area (Å²) >= 11 is 0. The van der Waals surface area contributed by atoms with Crippen LogP contribution in [0.4, 0.5) is 14.5 Å². The summed E-state index contributed by atoms with van der Waals surface area (Å²) in [5, 5.41) is 0. The fraction of sp³-hybridized carbons (Fsp3) is 0.200. The number of benzene rings is 2. The molecule has 0 saturated heterocycles. The molecule has 2 rings (SSSR count). The van der Waals surface area contributed by atoms with E-state index in [4.69, 9.17) is 15.2 Å². The minimum absolute atomic E-state index is 0.0422. The molecule has 20 heavy (non-hydrogen) atoms. The summed E-state index contributed by atoms with van der Waals surface area (Å²) in [5.74, 6) is -0.461. The molecule has 2 aromatic carbocycles. The molecule has 0 fully saturated rings. The standard InChI is InChI=1S/C15H15F2NO2/c1-9(2)19-14-8-15(13(18)7-12(14)17)20-11-5-3-4-10(16)6-11/h3-9H,18H2,1-2H3. The van der Waals surface area contributed by atoms with Gasteiger partial charge in [0.15, 0.2) is 17.3 Å². The third-order valence-electron chi connectivity index (χ3n) is 2.45. The van der Waals surface area contributed by atoms with E-state index in [9.17, 15) is 8.78 Å². The highest BCUT2D eigenvalue weighted by Gasteiger charge is 2.12. The zero-order valence-electron chi connectivity index (χ0n) is 11.2. The fourth-order valence-corrected chi connectivity index (χ4v) is 1.64. The number of rotatable bonds is 4. The maximum atomic E-state index is 13.7. The summed E-state index contributed by atoms with van der Waals surface area (Å²) in [6.45, 7) is 3.56. The van der Waals surface area contributed by atoms with E-state index in [1.807, 2.05) is 0 Å². The Kier molecular flexibility index (Phi) is 4.08. The maximum absolute atomic E-state index is 13.7. The van der Waals surface area contributed by atoms with Crippen LogP contribution in [0, 0.1) is 11.6 Å². The highest BCUT2D eigenvalue weighted by atomic mass is 19.1. The second-order valence-corrected chi connectivity index (χ2v) is 4.55. The van der Waals surface area contributed by atoms with Crippen LogP contribution in [0.3, 0.4) is 0 Å². The number of halogens is 2. The molecule has 0 aliphatic rings. The van der Waals surface area contributed by atoms with Gasteiger partial charge in [0.1, 0.15) is 11.6 Å². The predicted molar refractivity (Wildman–Crippen MR) is 73.1 cm³/mol. The number of hydrogen-bond acceptors (Lipinski definition) is 3. The second-order valence-electron chi connectivity index (χ2n) is 4.55. The molecule has 2 N–H and O–H groups in total. The monoisotopic (exact) mass is 279 g/mol. The first-order chi connectivity index (χ1) is 9.45. The van der Waals surface area contributed by atoms with Crippen LogP contribution < -0.4 is 15.2 Å². The van der Waals surface area contributed by atoms with E-state index in [2.05, 4.69) is 0 Å². The Labute approximate surface area is 115 Å². The van der Waals surface area contributed by atoms with Crippen molar-refractivity contribution in [2.75, 3.05) is 5.73 Å². The molecule has 0 bridgehead atoms. The van der Waals surface area contributed by atoms with Gasteiger partial charge in [-0.15, -0.1) is 0 Å². The van der Waals surface area contributed by atoms with Crippen LogP contribution in [0.15, 0.2) is 36.4 Å². The van der Waals surface area contributed by atoms with Crippen LogP contribution in [0.2, 0.25) is 0 Å². The number of anilines is 1. The molecule has 0 aliphatic heterocycles. The van der Waals surface area contributed by atoms with Gasteiger partial charge < -0.3 is 15.2 Å². The topological polar surface area (TPSA) is 44.5 Å². The Morgan fingerprint density at radius 1 is 1.05 bits per heavy atom. The fourth-order valence-electron chi connectivity index (χ4n) is 1.64. The van der Waals surface area contributed by atoms with Crippen molar-refractivity contribution in [2.45, 2.75) is 20.0 Å². The second kappa shape index (κ2) is 5.77. The Morgan fingerprint density at radius 3 is 2.45 bits per heavy atom. The largest absolute Gasteiger partial charge is 0.488 e. The van der Waals surface area contributed by atoms with E-state index >= 15 is 0 Å². The summed E-state index contributed by atoms with van der Waals surface area (Å²) < 4.78 is 37.5. The van der Waals surface area contributed by atoms with Gasteiger partial charge in [-0.05, 0) is 26.0 Å². The molecule has 0 amide bonds. The molecule has 0 spiro atoms. The van der Waals surface area contributed by atoms with Crippen molar-refractivity contribution in [3.8, 4) is 17.2 Å². The van der Waals surface area contributed by atoms with Gasteiger partial charge in [-0.2, -0.15) is 0 Å². The maximum Gasteiger partial charge on any atom is 0.167 e. The Hall–Kier alpha value is -2.30. The van der Waals surface area contributed by atoms with E-state index in [0.717, 1.165) is 6.07 Å². The SMILES string of the molecule is CC(C)Oc1cc(Oc2cccc(F)c2)c(N)cc1F. The third kappa shape index (κ3) is 3.38. The van der Waals surface area contributed by atoms with E-state index in [1.165, 1.54) is 24.3 Å². The Morgan fingerprint density at radius 2 is 1.80 bits per heavy atom. The van der Waals surface area contributed by atoms with Gasteiger partial charge >= 0.3 is 0 Å². The molecule has 0 aromatic heterocycles. The van der Waals surface area contributed by atoms with Crippen molar-refractivity contribution in [3.05, 3.63) is 48.0 Å². The molecular formula is C15H15F2NO2. The van der Waals surface area contributed by atoms with Crippen molar-refractivity contribution >= 4 is 5.69 Å². The van der Waals surface area contributed by atoms with Crippen LogP contribution in [0.1, 0.15) is 13.8 Å². The van der Waals surface area contributed by atoms with E-state index < -0.39 is 11.6 Å². The van der Waals surface area contributed by atoms with Crippen molar-refractivity contribution in [1.29, 1.82) is 0 Å². The van der Waals surface area contributed by atoms with Gasteiger partial charge in [0.25, 0.3) is 0 Å². The summed E-state index contributed by atoms with van der Waals surface area (Å²) in [6, 6.07) is 8.08. The molecule has 0 atom stereocenters. The lowest BCUT2D eigenvalue weighted by molar-refractivity contribution is 0.230. The van der Waals surface area contributed by atoms with Crippen molar-refractivity contribution in [2.24, 2.45) is 0 Å². The first-order valence-electron chi connectivity index (χ1n) is 6.15. The lowest BCUT2D eigenvalue weighted by atomic mass is 10.2. The van der Waals surface area contributed by atoms with Gasteiger partial charge in [-0.3, -0.25) is 0 Å². The first kappa shape index (κ1) is 14.1. The molecule has 0 heterocycles. The number of ether oxygens (including phenoxy) is 2. The molecule has 2 aromatic rings. The normalized spacial score (nSPS) is 10.7. The van der Waals surface area contributed by atoms with Crippen molar-refractivity contribution in [3.63, 3.8) is 0 Å². The van der Waals surface area contributed by atoms with Gasteiger partial charge in [0.2, 0.25) is 0 Å². The number of hydrogen-bond donors (Lipinski definition) is 1. The Balaban J connectivity index is 2.31. The number of nitrogens with two attached hydrogens (primary N) is 1. The molecular weight excluding hydrogens is 264 g/mol. The summed E-state index contributed by atoms with van der Waals surface area (Å²) in [4.78, 5) is 0. The van der Waals surface area contributed by atoms with E-state index in [-0.39, 0.29) is 29.0 Å². The average molecular weight is 279 g/mol. The summed E-state index contributed by atoms with van der Waals surface area (Å²) in [7, 11) is 0. The zero-order chi connectivity index (χ0) is 14.7. The molecule has 0 unspecified atom stereocenters. The van der Waals surface area contributed by atoms with Crippen molar-refractivity contribution < 1.29 is 18.3 Å². The highest BCUT2D eigenvalue weighted by Crippen LogP contribution is 2.34. The molecule has 5 heteroatoms. The summed E-state index contributed by atoms with van der Waals surface area (Å²) in [6.07, 6.45) is -0.185. The number of nitrogen functional groups attached to an aromatic ring is 1. The van der Waals surface area contributed by atoms with Crippen molar-refractivity contribution in [1.82, 2.24) is 0 Å². The average Bonchev–Trinajstić information content (AvgIpc) is 2.34. The van der Waals surface area contributed by atoms with Crippen LogP contribution in [0.5, 0.6) is 17.2 Å². The van der Waals surface area contributed by atoms with Gasteiger partial charge in [0.05, 0.1) is 11.8 Å². The smallest absolute Gasteiger partial charge is 0.167 e. The zero-order valence-corrected chi connectivity index (χ0v) is 11.2. The Bertz CT molecular complexity index is 615. The lowest BCUT2D eigenvalue weighted by Gasteiger charge is -2.14. The van der Waals surface area contributed by atoms with Crippen LogP contribution >= 0.6 is 0 Å². The molecule has 0 saturated carbocycles. The summed E-state index contributed by atoms with van der Waals surface area (Å²) in [5.41, 5.74) is 5.81. The van der Waals surface area contributed by atoms with E-state index in [0.29, 0.717) is 0 Å². The van der Waals surface area contributed by atoms with Crippen LogP contribution in [-0.4, -0.2) is 6.10 Å². The van der Waals surface area contributed by atoms with Gasteiger partial charge in [0, 0.05) is 18.2 Å². The predicted octanol–water partition coefficient (Wildman–Crippen LogP) is 4.13. The quantitative estimate of drug-likeness (QED) is 0.856. The van der Waals surface area contributed by atoms with Gasteiger partial charge in [-0.1, -0.05) is 6.07 Å². The minimum Gasteiger partial charge on any atom is -0.488 e. The van der Waals surface area contributed by atoms with Crippen LogP contribution in [0.25, 0.3) is 0 Å². The van der Waals surface area contributed by atoms with Crippen LogP contribution in [-0.2, 0) is 0 Å². The third-order valence-corrected chi connectivity index (χ3v) is 2.45. The molecule has 106 valence electrons. The highest BCUT2D eigenvalue weighted by molar-refractivity contribution is 5.57. The first-order valence-corrected chi connectivity index (χ1v) is 6.15. The van der Waals surface area contributed by atoms with E-state index in [1.54, 1.807) is 19.9 Å². The minimum atomic E-state index is -0.567. The molecule has 0 aliphatic carbocycles. The lowest BCUT2D eigenvalue weighted by Crippen LogP contribution is -2.07. The molecule has 0 radical (unpaired) electrons. The molecule has 3 nitrogen and oxygen atoms in total. The van der Waals surface area contributed by atoms with Gasteiger partial charge in [-0.25, -0.2) is 8.78 Å².